The highest BCUT2D eigenvalue weighted by molar-refractivity contribution is 7.89. The van der Waals surface area contributed by atoms with Gasteiger partial charge in [-0.2, -0.15) is 0 Å². The van der Waals surface area contributed by atoms with E-state index in [9.17, 15) is 17.6 Å². The molecule has 0 saturated carbocycles. The van der Waals surface area contributed by atoms with Gasteiger partial charge < -0.3 is 15.5 Å². The minimum Gasteiger partial charge on any atom is -0.367 e. The average Bonchev–Trinajstić information content (AvgIpc) is 2.70. The number of piperidine rings is 2. The van der Waals surface area contributed by atoms with Crippen LogP contribution in [0.2, 0.25) is 0 Å². The van der Waals surface area contributed by atoms with Gasteiger partial charge in [0.05, 0.1) is 11.4 Å². The van der Waals surface area contributed by atoms with Crippen LogP contribution in [-0.4, -0.2) is 62.8 Å². The maximum atomic E-state index is 14.2. The summed E-state index contributed by atoms with van der Waals surface area (Å²) in [7, 11) is -3.18. The number of carbonyl (C=O) groups excluding carboxylic acids is 1. The maximum absolute atomic E-state index is 14.2. The molecule has 0 bridgehead atoms. The van der Waals surface area contributed by atoms with Gasteiger partial charge >= 0.3 is 6.03 Å². The number of carbonyl (C=O) groups is 1. The maximum Gasteiger partial charge on any atom is 0.315 e. The summed E-state index contributed by atoms with van der Waals surface area (Å²) in [5, 5.41) is 6.00. The highest BCUT2D eigenvalue weighted by Crippen LogP contribution is 2.24. The van der Waals surface area contributed by atoms with E-state index < -0.39 is 10.0 Å². The molecular formula is C21H33FN4O3S. The number of urea groups is 1. The number of anilines is 1. The summed E-state index contributed by atoms with van der Waals surface area (Å²) in [6.07, 6.45) is 3.56. The van der Waals surface area contributed by atoms with Crippen molar-refractivity contribution < 1.29 is 17.6 Å². The van der Waals surface area contributed by atoms with Gasteiger partial charge in [-0.3, -0.25) is 0 Å². The van der Waals surface area contributed by atoms with Gasteiger partial charge in [-0.15, -0.1) is 0 Å². The van der Waals surface area contributed by atoms with Crippen LogP contribution >= 0.6 is 0 Å². The number of benzene rings is 1. The molecule has 7 nitrogen and oxygen atoms in total. The fraction of sp³-hybridized carbons (Fsp3) is 0.667. The van der Waals surface area contributed by atoms with Crippen molar-refractivity contribution >= 4 is 21.7 Å². The van der Waals surface area contributed by atoms with Gasteiger partial charge in [-0.05, 0) is 56.7 Å². The molecule has 9 heteroatoms. The average molecular weight is 441 g/mol. The Morgan fingerprint density at radius 2 is 1.83 bits per heavy atom. The normalized spacial score (nSPS) is 21.4. The largest absolute Gasteiger partial charge is 0.367 e. The highest BCUT2D eigenvalue weighted by atomic mass is 32.2. The number of aryl methyl sites for hydroxylation is 1. The summed E-state index contributed by atoms with van der Waals surface area (Å²) >= 11 is 0. The number of sulfonamides is 1. The Bertz CT molecular complexity index is 841. The van der Waals surface area contributed by atoms with Gasteiger partial charge in [-0.1, -0.05) is 13.0 Å². The third kappa shape index (κ3) is 5.85. The van der Waals surface area contributed by atoms with Gasteiger partial charge in [0.1, 0.15) is 5.82 Å². The molecular weight excluding hydrogens is 407 g/mol. The second-order valence-corrected chi connectivity index (χ2v) is 10.4. The van der Waals surface area contributed by atoms with E-state index in [0.717, 1.165) is 24.9 Å². The molecule has 2 heterocycles. The number of rotatable bonds is 6. The van der Waals surface area contributed by atoms with E-state index >= 15 is 0 Å². The lowest BCUT2D eigenvalue weighted by Gasteiger charge is -2.36. The van der Waals surface area contributed by atoms with E-state index in [1.165, 1.54) is 10.4 Å². The van der Waals surface area contributed by atoms with Crippen LogP contribution in [0.5, 0.6) is 0 Å². The number of halogens is 1. The quantitative estimate of drug-likeness (QED) is 0.713. The standard InChI is InChI=1S/C21H33FN4O3S/c1-3-13-30(28,29)26-11-8-17(9-12-26)23-21(27)24-18-5-4-10-25(15-18)20-14-16(2)6-7-19(20)22/h6-7,14,17-18H,3-5,8-13,15H2,1-2H3,(H2,23,24,27). The number of hydrogen-bond acceptors (Lipinski definition) is 4. The van der Waals surface area contributed by atoms with E-state index in [4.69, 9.17) is 0 Å². The summed E-state index contributed by atoms with van der Waals surface area (Å²) < 4.78 is 40.1. The van der Waals surface area contributed by atoms with Gasteiger partial charge in [0.25, 0.3) is 0 Å². The Morgan fingerprint density at radius 3 is 2.53 bits per heavy atom. The molecule has 0 radical (unpaired) electrons. The Morgan fingerprint density at radius 1 is 1.13 bits per heavy atom. The number of amides is 2. The molecule has 2 amide bonds. The smallest absolute Gasteiger partial charge is 0.315 e. The molecule has 2 aliphatic heterocycles. The SMILES string of the molecule is CCCS(=O)(=O)N1CCC(NC(=O)NC2CCCN(c3cc(C)ccc3F)C2)CC1. The van der Waals surface area contributed by atoms with E-state index in [0.29, 0.717) is 44.6 Å². The zero-order chi connectivity index (χ0) is 21.7. The molecule has 0 spiro atoms. The summed E-state index contributed by atoms with van der Waals surface area (Å²) in [5.74, 6) is -0.0684. The van der Waals surface area contributed by atoms with Gasteiger partial charge in [0.15, 0.2) is 0 Å². The molecule has 30 heavy (non-hydrogen) atoms. The topological polar surface area (TPSA) is 81.8 Å². The number of nitrogens with zero attached hydrogens (tertiary/aromatic N) is 2. The first-order valence-corrected chi connectivity index (χ1v) is 12.5. The fourth-order valence-electron chi connectivity index (χ4n) is 4.26. The minimum atomic E-state index is -3.18. The summed E-state index contributed by atoms with van der Waals surface area (Å²) in [6, 6.07) is 4.77. The molecule has 2 aliphatic rings. The number of hydrogen-bond donors (Lipinski definition) is 2. The predicted molar refractivity (Wildman–Crippen MR) is 117 cm³/mol. The summed E-state index contributed by atoms with van der Waals surface area (Å²) in [5.41, 5.74) is 1.59. The van der Waals surface area contributed by atoms with Gasteiger partial charge in [-0.25, -0.2) is 21.9 Å². The molecule has 2 N–H and O–H groups in total. The van der Waals surface area contributed by atoms with Crippen molar-refractivity contribution in [3.63, 3.8) is 0 Å². The second kappa shape index (κ2) is 9.96. The van der Waals surface area contributed by atoms with E-state index in [-0.39, 0.29) is 29.7 Å². The second-order valence-electron chi connectivity index (χ2n) is 8.35. The van der Waals surface area contributed by atoms with Crippen molar-refractivity contribution in [1.29, 1.82) is 0 Å². The lowest BCUT2D eigenvalue weighted by atomic mass is 10.0. The van der Waals surface area contributed by atoms with Crippen molar-refractivity contribution in [1.82, 2.24) is 14.9 Å². The van der Waals surface area contributed by atoms with Crippen molar-refractivity contribution in [3.05, 3.63) is 29.6 Å². The molecule has 0 aliphatic carbocycles. The molecule has 2 saturated heterocycles. The fourth-order valence-corrected chi connectivity index (χ4v) is 5.80. The zero-order valence-electron chi connectivity index (χ0n) is 17.9. The Hall–Kier alpha value is -1.87. The van der Waals surface area contributed by atoms with E-state index in [1.54, 1.807) is 6.07 Å². The first-order chi connectivity index (χ1) is 14.3. The third-order valence-electron chi connectivity index (χ3n) is 5.84. The molecule has 1 atom stereocenters. The van der Waals surface area contributed by atoms with Crippen molar-refractivity contribution in [3.8, 4) is 0 Å². The highest BCUT2D eigenvalue weighted by Gasteiger charge is 2.29. The Balaban J connectivity index is 1.48. The number of nitrogens with one attached hydrogen (secondary N) is 2. The van der Waals surface area contributed by atoms with Crippen LogP contribution in [0, 0.1) is 12.7 Å². The van der Waals surface area contributed by atoms with Crippen LogP contribution in [-0.2, 0) is 10.0 Å². The monoisotopic (exact) mass is 440 g/mol. The van der Waals surface area contributed by atoms with Crippen molar-refractivity contribution in [2.75, 3.05) is 36.8 Å². The lowest BCUT2D eigenvalue weighted by molar-refractivity contribution is 0.222. The van der Waals surface area contributed by atoms with Crippen molar-refractivity contribution in [2.45, 2.75) is 58.0 Å². The molecule has 0 aromatic heterocycles. The van der Waals surface area contributed by atoms with Crippen LogP contribution in [0.25, 0.3) is 0 Å². The first-order valence-electron chi connectivity index (χ1n) is 10.8. The minimum absolute atomic E-state index is 0.0352. The van der Waals surface area contributed by atoms with Crippen LogP contribution in [0.1, 0.15) is 44.6 Å². The predicted octanol–water partition coefficient (Wildman–Crippen LogP) is 2.61. The molecule has 2 fully saturated rings. The van der Waals surface area contributed by atoms with E-state index in [2.05, 4.69) is 10.6 Å². The van der Waals surface area contributed by atoms with Gasteiger partial charge in [0.2, 0.25) is 10.0 Å². The summed E-state index contributed by atoms with van der Waals surface area (Å²) in [6.45, 7) is 6.02. The van der Waals surface area contributed by atoms with Gasteiger partial charge in [0, 0.05) is 38.3 Å². The molecule has 1 unspecified atom stereocenters. The first kappa shape index (κ1) is 22.8. The Labute approximate surface area is 179 Å². The third-order valence-corrected chi connectivity index (χ3v) is 7.92. The van der Waals surface area contributed by atoms with Crippen molar-refractivity contribution in [2.24, 2.45) is 0 Å². The van der Waals surface area contributed by atoms with Crippen LogP contribution in [0.4, 0.5) is 14.9 Å². The Kier molecular flexibility index (Phi) is 7.57. The summed E-state index contributed by atoms with van der Waals surface area (Å²) in [4.78, 5) is 14.5. The van der Waals surface area contributed by atoms with Crippen LogP contribution in [0.3, 0.4) is 0 Å². The molecule has 168 valence electrons. The molecule has 3 rings (SSSR count). The van der Waals surface area contributed by atoms with Crippen LogP contribution < -0.4 is 15.5 Å². The zero-order valence-corrected chi connectivity index (χ0v) is 18.7. The van der Waals surface area contributed by atoms with E-state index in [1.807, 2.05) is 24.8 Å². The lowest BCUT2D eigenvalue weighted by Crippen LogP contribution is -2.54. The van der Waals surface area contributed by atoms with Crippen LogP contribution in [0.15, 0.2) is 18.2 Å². The molecule has 1 aromatic rings. The molecule has 1 aromatic carbocycles.